The van der Waals surface area contributed by atoms with Crippen LogP contribution in [0.3, 0.4) is 0 Å². The summed E-state index contributed by atoms with van der Waals surface area (Å²) in [4.78, 5) is 0. The average molecular weight is 359 g/mol. The third kappa shape index (κ3) is 5.75. The molecule has 0 radical (unpaired) electrons. The van der Waals surface area contributed by atoms with Crippen molar-refractivity contribution in [3.8, 4) is 0 Å². The first-order valence-corrected chi connectivity index (χ1v) is 18.2. The van der Waals surface area contributed by atoms with Gasteiger partial charge in [-0.2, -0.15) is 0 Å². The number of hydrogen-bond donors (Lipinski definition) is 0. The van der Waals surface area contributed by atoms with E-state index in [0.29, 0.717) is 8.55 Å². The highest BCUT2D eigenvalue weighted by atomic mass is 29.5. The molecule has 118 valence electrons. The zero-order valence-corrected chi connectivity index (χ0v) is 18.2. The van der Waals surface area contributed by atoms with Crippen LogP contribution in [-0.4, -0.2) is 62.9 Å². The third-order valence-corrected chi connectivity index (χ3v) is 24.2. The van der Waals surface area contributed by atoms with E-state index in [1.807, 2.05) is 30.3 Å². The molecule has 1 unspecified atom stereocenters. The van der Waals surface area contributed by atoms with E-state index >= 15 is 0 Å². The molecule has 2 rings (SSSR count). The fourth-order valence-corrected chi connectivity index (χ4v) is 19.4. The van der Waals surface area contributed by atoms with Crippen LogP contribution in [0.1, 0.15) is 0 Å². The monoisotopic (exact) mass is 358 g/mol. The maximum absolute atomic E-state index is 5.39. The Balaban J connectivity index is 0.000000235. The summed E-state index contributed by atoms with van der Waals surface area (Å²) in [5.74, 6) is 0. The highest BCUT2D eigenvalue weighted by Gasteiger charge is 2.40. The van der Waals surface area contributed by atoms with Gasteiger partial charge in [0.1, 0.15) is 9.28 Å². The fraction of sp³-hybridized carbons (Fsp3) is 0.385. The van der Waals surface area contributed by atoms with Gasteiger partial charge in [-0.25, -0.2) is 0 Å². The van der Waals surface area contributed by atoms with Gasteiger partial charge in [-0.1, -0.05) is 30.3 Å². The first kappa shape index (κ1) is 18.7. The largest absolute Gasteiger partial charge is 0.536 e. The number of rotatable bonds is 5. The van der Waals surface area contributed by atoms with Crippen molar-refractivity contribution in [2.75, 3.05) is 27.9 Å². The summed E-state index contributed by atoms with van der Waals surface area (Å²) in [6.45, 7) is 4.93. The molecule has 0 N–H and O–H groups in total. The van der Waals surface area contributed by atoms with Gasteiger partial charge in [-0.15, -0.1) is 12.3 Å². The zero-order valence-electron chi connectivity index (χ0n) is 13.2. The van der Waals surface area contributed by atoms with Crippen molar-refractivity contribution in [1.82, 2.24) is 0 Å². The second-order valence-corrected chi connectivity index (χ2v) is 22.9. The van der Waals surface area contributed by atoms with Crippen LogP contribution >= 0.6 is 0 Å². The highest BCUT2D eigenvalue weighted by molar-refractivity contribution is 7.36. The van der Waals surface area contributed by atoms with Gasteiger partial charge in [-0.3, -0.25) is 0 Å². The molecular weight excluding hydrogens is 332 g/mol. The molecule has 1 aliphatic heterocycles. The molecule has 1 saturated heterocycles. The van der Waals surface area contributed by atoms with Crippen LogP contribution < -0.4 is 5.19 Å². The Morgan fingerprint density at radius 2 is 1.81 bits per heavy atom. The van der Waals surface area contributed by atoms with Gasteiger partial charge in [0.25, 0.3) is 0 Å². The molecule has 1 aliphatic rings. The van der Waals surface area contributed by atoms with Crippen molar-refractivity contribution in [3.63, 3.8) is 0 Å². The van der Waals surface area contributed by atoms with Crippen LogP contribution in [0.4, 0.5) is 0 Å². The van der Waals surface area contributed by atoms with Gasteiger partial charge in [-0.05, 0) is 6.04 Å². The van der Waals surface area contributed by atoms with Gasteiger partial charge in [0.15, 0.2) is 0 Å². The Morgan fingerprint density at radius 3 is 2.19 bits per heavy atom. The quantitative estimate of drug-likeness (QED) is 0.659. The lowest BCUT2D eigenvalue weighted by Gasteiger charge is -2.24. The van der Waals surface area contributed by atoms with Crippen LogP contribution in [-0.2, 0) is 17.7 Å². The molecule has 8 heteroatoms. The minimum Gasteiger partial charge on any atom is -0.428 e. The summed E-state index contributed by atoms with van der Waals surface area (Å²) in [6.07, 6.45) is 0. The lowest BCUT2D eigenvalue weighted by atomic mass is 10.4. The summed E-state index contributed by atoms with van der Waals surface area (Å²) < 4.78 is 21.3. The lowest BCUT2D eigenvalue weighted by Crippen LogP contribution is -2.54. The normalized spacial score (nSPS) is 20.8. The molecule has 0 bridgehead atoms. The van der Waals surface area contributed by atoms with E-state index in [0.717, 1.165) is 11.8 Å². The molecule has 1 atom stereocenters. The summed E-state index contributed by atoms with van der Waals surface area (Å²) in [5, 5.41) is 0.975. The van der Waals surface area contributed by atoms with Gasteiger partial charge < -0.3 is 17.7 Å². The predicted molar refractivity (Wildman–Crippen MR) is 98.1 cm³/mol. The number of hydrogen-bond acceptors (Lipinski definition) is 4. The van der Waals surface area contributed by atoms with Crippen LogP contribution in [0.5, 0.6) is 0 Å². The van der Waals surface area contributed by atoms with Crippen LogP contribution in [0.2, 0.25) is 6.04 Å². The van der Waals surface area contributed by atoms with E-state index in [4.69, 9.17) is 17.7 Å². The Labute approximate surface area is 134 Å². The summed E-state index contributed by atoms with van der Waals surface area (Å²) in [6, 6.07) is 11.1. The first-order chi connectivity index (χ1) is 10.2. The molecule has 1 aromatic rings. The van der Waals surface area contributed by atoms with E-state index in [9.17, 15) is 0 Å². The van der Waals surface area contributed by atoms with E-state index in [1.165, 1.54) is 6.04 Å². The smallest absolute Gasteiger partial charge is 0.428 e. The Morgan fingerprint density at radius 1 is 1.19 bits per heavy atom. The van der Waals surface area contributed by atoms with Crippen LogP contribution in [0.15, 0.2) is 42.6 Å². The molecule has 0 aromatic heterocycles. The molecule has 0 spiro atoms. The minimum atomic E-state index is -2.59. The Kier molecular flexibility index (Phi) is 9.27. The number of benzene rings is 1. The lowest BCUT2D eigenvalue weighted by molar-refractivity contribution is 0.140. The Hall–Kier alpha value is -0.332. The van der Waals surface area contributed by atoms with E-state index in [-0.39, 0.29) is 17.6 Å². The third-order valence-electron chi connectivity index (χ3n) is 3.53. The molecule has 21 heavy (non-hydrogen) atoms. The molecule has 1 aromatic carbocycles. The van der Waals surface area contributed by atoms with Crippen LogP contribution in [0, 0.1) is 0 Å². The Bertz CT molecular complexity index is 386. The van der Waals surface area contributed by atoms with Crippen molar-refractivity contribution >= 4 is 40.1 Å². The highest BCUT2D eigenvalue weighted by Crippen LogP contribution is 2.05. The van der Waals surface area contributed by atoms with E-state index in [1.54, 1.807) is 21.3 Å². The van der Waals surface area contributed by atoms with Crippen molar-refractivity contribution in [1.29, 1.82) is 0 Å². The van der Waals surface area contributed by atoms with Crippen molar-refractivity contribution < 1.29 is 17.7 Å². The second-order valence-electron chi connectivity index (χ2n) is 4.72. The maximum Gasteiger partial charge on any atom is 0.536 e. The molecule has 1 heterocycles. The van der Waals surface area contributed by atoms with Gasteiger partial charge in [0, 0.05) is 50.0 Å². The maximum atomic E-state index is 5.39. The molecule has 4 nitrogen and oxygen atoms in total. The molecular formula is C13H26O4Si4. The first-order valence-electron chi connectivity index (χ1n) is 7.13. The van der Waals surface area contributed by atoms with Crippen molar-refractivity contribution in [2.45, 2.75) is 6.04 Å². The molecule has 0 aliphatic carbocycles. The summed E-state index contributed by atoms with van der Waals surface area (Å²) in [7, 11) is 2.39. The topological polar surface area (TPSA) is 36.9 Å². The second kappa shape index (κ2) is 10.4. The van der Waals surface area contributed by atoms with Crippen molar-refractivity contribution in [2.24, 2.45) is 0 Å². The van der Waals surface area contributed by atoms with Gasteiger partial charge >= 0.3 is 8.80 Å². The SMILES string of the molecule is C=C[SiH]1CCO[SiH2][SiH2]1.CO[Si](OC)(OC)c1ccccc1. The molecule has 0 amide bonds. The fourth-order valence-electron chi connectivity index (χ4n) is 2.20. The van der Waals surface area contributed by atoms with Gasteiger partial charge in [0.2, 0.25) is 0 Å². The van der Waals surface area contributed by atoms with Crippen molar-refractivity contribution in [3.05, 3.63) is 42.6 Å². The summed E-state index contributed by atoms with van der Waals surface area (Å²) >= 11 is 0. The standard InChI is InChI=1S/C9H14O3Si.C4H12OSi3/c1-10-13(11-2,12-3)9-7-5-4-6-8-9;1-2-8-4-3-5-6-7-8/h4-8H,1-3H3;2,8H,1,3-4,6-7H2. The zero-order chi connectivity index (χ0) is 15.6. The predicted octanol–water partition coefficient (Wildman–Crippen LogP) is -0.595. The molecule has 1 fully saturated rings. The molecule has 0 saturated carbocycles. The van der Waals surface area contributed by atoms with Crippen LogP contribution in [0.25, 0.3) is 0 Å². The minimum absolute atomic E-state index is 0.0794. The average Bonchev–Trinajstić information content (AvgIpc) is 2.59. The van der Waals surface area contributed by atoms with Gasteiger partial charge in [0.05, 0.1) is 0 Å². The summed E-state index contributed by atoms with van der Waals surface area (Å²) in [5.41, 5.74) is 2.27. The van der Waals surface area contributed by atoms with E-state index in [2.05, 4.69) is 12.3 Å². The van der Waals surface area contributed by atoms with E-state index < -0.39 is 8.80 Å².